The zero-order chi connectivity index (χ0) is 16.0. The molecule has 1 amide bonds. The van der Waals surface area contributed by atoms with Crippen molar-refractivity contribution in [2.75, 3.05) is 33.9 Å². The Morgan fingerprint density at radius 2 is 2.00 bits per heavy atom. The fourth-order valence-corrected chi connectivity index (χ4v) is 2.98. The van der Waals surface area contributed by atoms with Gasteiger partial charge in [0, 0.05) is 19.2 Å². The number of ether oxygens (including phenoxy) is 2. The predicted octanol–water partition coefficient (Wildman–Crippen LogP) is 2.06. The Balaban J connectivity index is 0.00000264. The van der Waals surface area contributed by atoms with Crippen LogP contribution in [0, 0.1) is 12.3 Å². The number of amides is 1. The van der Waals surface area contributed by atoms with E-state index in [2.05, 4.69) is 10.6 Å². The summed E-state index contributed by atoms with van der Waals surface area (Å²) in [5.74, 6) is 0.880. The van der Waals surface area contributed by atoms with Gasteiger partial charge in [0.15, 0.2) is 0 Å². The largest absolute Gasteiger partial charge is 0.496 e. The molecule has 6 heteroatoms. The van der Waals surface area contributed by atoms with Crippen molar-refractivity contribution in [3.05, 3.63) is 29.3 Å². The minimum atomic E-state index is -0.419. The van der Waals surface area contributed by atoms with Gasteiger partial charge >= 0.3 is 0 Å². The van der Waals surface area contributed by atoms with Crippen molar-refractivity contribution in [2.45, 2.75) is 26.3 Å². The van der Waals surface area contributed by atoms with Gasteiger partial charge in [0.25, 0.3) is 0 Å². The van der Waals surface area contributed by atoms with Crippen molar-refractivity contribution in [3.8, 4) is 5.75 Å². The molecule has 1 aliphatic rings. The second-order valence-electron chi connectivity index (χ2n) is 5.96. The van der Waals surface area contributed by atoms with E-state index in [0.717, 1.165) is 42.8 Å². The van der Waals surface area contributed by atoms with Crippen molar-refractivity contribution < 1.29 is 14.3 Å². The zero-order valence-electron chi connectivity index (χ0n) is 14.1. The Labute approximate surface area is 144 Å². The van der Waals surface area contributed by atoms with Gasteiger partial charge in [-0.25, -0.2) is 0 Å². The summed E-state index contributed by atoms with van der Waals surface area (Å²) in [7, 11) is 3.30. The van der Waals surface area contributed by atoms with Crippen LogP contribution in [-0.2, 0) is 16.1 Å². The second-order valence-corrected chi connectivity index (χ2v) is 5.96. The van der Waals surface area contributed by atoms with Crippen LogP contribution < -0.4 is 15.4 Å². The van der Waals surface area contributed by atoms with Crippen LogP contribution in [0.15, 0.2) is 18.2 Å². The lowest BCUT2D eigenvalue weighted by Gasteiger charge is -2.35. The first kappa shape index (κ1) is 19.7. The lowest BCUT2D eigenvalue weighted by atomic mass is 9.78. The number of carbonyl (C=O) groups is 1. The fourth-order valence-electron chi connectivity index (χ4n) is 2.98. The molecule has 0 saturated carbocycles. The summed E-state index contributed by atoms with van der Waals surface area (Å²) in [6.45, 7) is 4.66. The summed E-state index contributed by atoms with van der Waals surface area (Å²) in [6, 6.07) is 6.01. The smallest absolute Gasteiger partial charge is 0.228 e. The molecule has 1 heterocycles. The molecule has 1 aromatic rings. The number of nitrogens with one attached hydrogen (secondary N) is 2. The van der Waals surface area contributed by atoms with Gasteiger partial charge < -0.3 is 20.1 Å². The molecule has 0 unspecified atom stereocenters. The Kier molecular flexibility index (Phi) is 7.82. The van der Waals surface area contributed by atoms with Gasteiger partial charge in [-0.05, 0) is 44.5 Å². The summed E-state index contributed by atoms with van der Waals surface area (Å²) in [6.07, 6.45) is 1.61. The summed E-state index contributed by atoms with van der Waals surface area (Å²) in [5, 5.41) is 6.36. The Bertz CT molecular complexity index is 511. The van der Waals surface area contributed by atoms with E-state index >= 15 is 0 Å². The third kappa shape index (κ3) is 4.83. The molecule has 1 aliphatic heterocycles. The minimum Gasteiger partial charge on any atom is -0.496 e. The monoisotopic (exact) mass is 342 g/mol. The lowest BCUT2D eigenvalue weighted by molar-refractivity contribution is -0.136. The fraction of sp³-hybridized carbons (Fsp3) is 0.588. The number of hydrogen-bond donors (Lipinski definition) is 2. The van der Waals surface area contributed by atoms with Crippen molar-refractivity contribution in [1.82, 2.24) is 10.6 Å². The van der Waals surface area contributed by atoms with E-state index in [9.17, 15) is 4.79 Å². The molecule has 0 aromatic heterocycles. The maximum Gasteiger partial charge on any atom is 0.228 e. The highest BCUT2D eigenvalue weighted by Crippen LogP contribution is 2.30. The highest BCUT2D eigenvalue weighted by atomic mass is 35.5. The standard InChI is InChI=1S/C17H26N2O3.ClH/c1-13-4-5-14(15(10-13)22-3)11-19-16(20)17(12-21-2)6-8-18-9-7-17;/h4-5,10,18H,6-9,11-12H2,1-3H3,(H,19,20);1H. The van der Waals surface area contributed by atoms with Gasteiger partial charge in [-0.1, -0.05) is 12.1 Å². The molecule has 0 radical (unpaired) electrons. The molecule has 2 N–H and O–H groups in total. The molecular weight excluding hydrogens is 316 g/mol. The molecule has 0 atom stereocenters. The van der Waals surface area contributed by atoms with Crippen molar-refractivity contribution in [2.24, 2.45) is 5.41 Å². The van der Waals surface area contributed by atoms with Gasteiger partial charge in [-0.3, -0.25) is 4.79 Å². The first-order chi connectivity index (χ1) is 10.6. The topological polar surface area (TPSA) is 59.6 Å². The molecule has 1 fully saturated rings. The van der Waals surface area contributed by atoms with Crippen molar-refractivity contribution in [1.29, 1.82) is 0 Å². The first-order valence-corrected chi connectivity index (χ1v) is 7.73. The van der Waals surface area contributed by atoms with E-state index in [1.165, 1.54) is 0 Å². The number of rotatable bonds is 6. The van der Waals surface area contributed by atoms with Crippen LogP contribution in [0.2, 0.25) is 0 Å². The summed E-state index contributed by atoms with van der Waals surface area (Å²) in [5.41, 5.74) is 1.71. The SMILES string of the molecule is COCC1(C(=O)NCc2ccc(C)cc2OC)CCNCC1.Cl. The highest BCUT2D eigenvalue weighted by Gasteiger charge is 2.39. The molecule has 5 nitrogen and oxygen atoms in total. The van der Waals surface area contributed by atoms with Gasteiger partial charge in [-0.15, -0.1) is 12.4 Å². The molecule has 23 heavy (non-hydrogen) atoms. The second kappa shape index (κ2) is 9.11. The van der Waals surface area contributed by atoms with Gasteiger partial charge in [-0.2, -0.15) is 0 Å². The van der Waals surface area contributed by atoms with Crippen LogP contribution in [0.5, 0.6) is 5.75 Å². The quantitative estimate of drug-likeness (QED) is 0.830. The summed E-state index contributed by atoms with van der Waals surface area (Å²) in [4.78, 5) is 12.7. The highest BCUT2D eigenvalue weighted by molar-refractivity contribution is 5.85. The normalized spacial score (nSPS) is 16.3. The number of aryl methyl sites for hydroxylation is 1. The number of halogens is 1. The average molecular weight is 343 g/mol. The van der Waals surface area contributed by atoms with Crippen LogP contribution in [-0.4, -0.2) is 39.8 Å². The van der Waals surface area contributed by atoms with Crippen LogP contribution in [0.1, 0.15) is 24.0 Å². The van der Waals surface area contributed by atoms with E-state index in [4.69, 9.17) is 9.47 Å². The summed E-state index contributed by atoms with van der Waals surface area (Å²) >= 11 is 0. The van der Waals surface area contributed by atoms with E-state index in [1.54, 1.807) is 14.2 Å². The molecule has 1 aromatic carbocycles. The zero-order valence-corrected chi connectivity index (χ0v) is 14.9. The van der Waals surface area contributed by atoms with Crippen LogP contribution in [0.3, 0.4) is 0 Å². The molecule has 0 bridgehead atoms. The number of benzene rings is 1. The number of piperidine rings is 1. The molecule has 0 aliphatic carbocycles. The van der Waals surface area contributed by atoms with Crippen molar-refractivity contribution >= 4 is 18.3 Å². The van der Waals surface area contributed by atoms with Crippen molar-refractivity contribution in [3.63, 3.8) is 0 Å². The van der Waals surface area contributed by atoms with Crippen LogP contribution >= 0.6 is 12.4 Å². The molecule has 1 saturated heterocycles. The molecule has 2 rings (SSSR count). The van der Waals surface area contributed by atoms with Crippen LogP contribution in [0.4, 0.5) is 0 Å². The lowest BCUT2D eigenvalue weighted by Crippen LogP contribution is -2.50. The molecule has 0 spiro atoms. The molecular formula is C17H27ClN2O3. The molecule has 130 valence electrons. The average Bonchev–Trinajstić information content (AvgIpc) is 2.54. The van der Waals surface area contributed by atoms with E-state index in [-0.39, 0.29) is 18.3 Å². The third-order valence-corrected chi connectivity index (χ3v) is 4.34. The van der Waals surface area contributed by atoms with Gasteiger partial charge in [0.05, 0.1) is 19.1 Å². The minimum absolute atomic E-state index is 0. The summed E-state index contributed by atoms with van der Waals surface area (Å²) < 4.78 is 10.7. The predicted molar refractivity (Wildman–Crippen MR) is 93.2 cm³/mol. The van der Waals surface area contributed by atoms with E-state index in [1.807, 2.05) is 25.1 Å². The van der Waals surface area contributed by atoms with Crippen LogP contribution in [0.25, 0.3) is 0 Å². The van der Waals surface area contributed by atoms with E-state index in [0.29, 0.717) is 13.2 Å². The maximum absolute atomic E-state index is 12.7. The Morgan fingerprint density at radius 1 is 1.30 bits per heavy atom. The maximum atomic E-state index is 12.7. The van der Waals surface area contributed by atoms with Gasteiger partial charge in [0.2, 0.25) is 5.91 Å². The number of methoxy groups -OCH3 is 2. The number of hydrogen-bond acceptors (Lipinski definition) is 4. The van der Waals surface area contributed by atoms with E-state index < -0.39 is 5.41 Å². The Morgan fingerprint density at radius 3 is 2.61 bits per heavy atom. The number of carbonyl (C=O) groups excluding carboxylic acids is 1. The Hall–Kier alpha value is -1.30. The third-order valence-electron chi connectivity index (χ3n) is 4.34. The first-order valence-electron chi connectivity index (χ1n) is 7.73. The van der Waals surface area contributed by atoms with Gasteiger partial charge in [0.1, 0.15) is 5.75 Å².